The van der Waals surface area contributed by atoms with Crippen LogP contribution in [-0.4, -0.2) is 52.9 Å². The van der Waals surface area contributed by atoms with Gasteiger partial charge in [0.1, 0.15) is 5.82 Å². The van der Waals surface area contributed by atoms with E-state index in [1.807, 2.05) is 32.0 Å². The normalized spacial score (nSPS) is 15.8. The lowest BCUT2D eigenvalue weighted by Crippen LogP contribution is -2.42. The third-order valence-electron chi connectivity index (χ3n) is 5.53. The topological polar surface area (TPSA) is 101 Å². The minimum atomic E-state index is -0.452. The van der Waals surface area contributed by atoms with Crippen molar-refractivity contribution in [2.24, 2.45) is 5.73 Å². The maximum absolute atomic E-state index is 12.5. The number of hydrogen-bond donors (Lipinski definition) is 2. The standard InChI is InChI=1S/C21H27N5O2/c1-3-26(4-2)19(28)16-13-24-20(25-14-16)21(8-10-23-11-9-21)17-7-5-6-15(12-17)18(22)27/h5-7,12-14,23H,3-4,8-11H2,1-2H3,(H2,22,27). The third kappa shape index (κ3) is 3.75. The molecule has 1 saturated heterocycles. The molecule has 28 heavy (non-hydrogen) atoms. The summed E-state index contributed by atoms with van der Waals surface area (Å²) >= 11 is 0. The zero-order chi connectivity index (χ0) is 20.1. The number of aromatic nitrogens is 2. The number of rotatable bonds is 6. The average molecular weight is 381 g/mol. The number of benzene rings is 1. The summed E-state index contributed by atoms with van der Waals surface area (Å²) in [6.07, 6.45) is 4.84. The number of piperidine rings is 1. The molecule has 3 rings (SSSR count). The Morgan fingerprint density at radius 2 is 1.75 bits per heavy atom. The highest BCUT2D eigenvalue weighted by Crippen LogP contribution is 2.38. The lowest BCUT2D eigenvalue weighted by molar-refractivity contribution is 0.0771. The number of hydrogen-bond acceptors (Lipinski definition) is 5. The lowest BCUT2D eigenvalue weighted by atomic mass is 9.72. The van der Waals surface area contributed by atoms with Gasteiger partial charge in [0.15, 0.2) is 0 Å². The van der Waals surface area contributed by atoms with E-state index in [9.17, 15) is 9.59 Å². The van der Waals surface area contributed by atoms with E-state index in [1.165, 1.54) is 0 Å². The summed E-state index contributed by atoms with van der Waals surface area (Å²) in [5.74, 6) is 0.158. The molecule has 7 heteroatoms. The van der Waals surface area contributed by atoms with Crippen LogP contribution in [0.1, 0.15) is 58.8 Å². The largest absolute Gasteiger partial charge is 0.366 e. The van der Waals surface area contributed by atoms with Crippen molar-refractivity contribution in [3.05, 3.63) is 59.2 Å². The number of carbonyl (C=O) groups is 2. The third-order valence-corrected chi connectivity index (χ3v) is 5.53. The van der Waals surface area contributed by atoms with Gasteiger partial charge in [-0.3, -0.25) is 9.59 Å². The van der Waals surface area contributed by atoms with Gasteiger partial charge in [-0.05, 0) is 57.5 Å². The summed E-state index contributed by atoms with van der Waals surface area (Å²) in [7, 11) is 0. The molecule has 1 aliphatic heterocycles. The molecule has 2 amide bonds. The molecule has 1 aromatic heterocycles. The van der Waals surface area contributed by atoms with Gasteiger partial charge in [-0.15, -0.1) is 0 Å². The van der Waals surface area contributed by atoms with Crippen LogP contribution in [0.3, 0.4) is 0 Å². The zero-order valence-corrected chi connectivity index (χ0v) is 16.4. The molecule has 1 aliphatic rings. The van der Waals surface area contributed by atoms with E-state index in [0.29, 0.717) is 30.0 Å². The van der Waals surface area contributed by atoms with Crippen molar-refractivity contribution in [2.45, 2.75) is 32.1 Å². The van der Waals surface area contributed by atoms with Crippen molar-refractivity contribution >= 4 is 11.8 Å². The number of carbonyl (C=O) groups excluding carboxylic acids is 2. The summed E-state index contributed by atoms with van der Waals surface area (Å²) in [4.78, 5) is 35.1. The molecular weight excluding hydrogens is 354 g/mol. The van der Waals surface area contributed by atoms with Crippen molar-refractivity contribution in [3.8, 4) is 0 Å². The van der Waals surface area contributed by atoms with Crippen molar-refractivity contribution < 1.29 is 9.59 Å². The van der Waals surface area contributed by atoms with Gasteiger partial charge in [-0.25, -0.2) is 9.97 Å². The molecular formula is C21H27N5O2. The molecule has 0 atom stereocenters. The van der Waals surface area contributed by atoms with Gasteiger partial charge in [0.25, 0.3) is 5.91 Å². The van der Waals surface area contributed by atoms with Crippen molar-refractivity contribution in [2.75, 3.05) is 26.2 Å². The number of amides is 2. The number of nitrogens with one attached hydrogen (secondary N) is 1. The van der Waals surface area contributed by atoms with Gasteiger partial charge >= 0.3 is 0 Å². The van der Waals surface area contributed by atoms with Gasteiger partial charge in [-0.2, -0.15) is 0 Å². The van der Waals surface area contributed by atoms with Gasteiger partial charge in [0.2, 0.25) is 5.91 Å². The molecule has 0 radical (unpaired) electrons. The first-order valence-electron chi connectivity index (χ1n) is 9.74. The first-order chi connectivity index (χ1) is 13.5. The Morgan fingerprint density at radius 3 is 2.32 bits per heavy atom. The molecule has 0 saturated carbocycles. The fourth-order valence-electron chi connectivity index (χ4n) is 3.84. The molecule has 7 nitrogen and oxygen atoms in total. The summed E-state index contributed by atoms with van der Waals surface area (Å²) in [5, 5.41) is 3.37. The molecule has 2 heterocycles. The minimum absolute atomic E-state index is 0.0633. The molecule has 0 spiro atoms. The molecule has 148 valence electrons. The van der Waals surface area contributed by atoms with E-state index in [-0.39, 0.29) is 5.91 Å². The lowest BCUT2D eigenvalue weighted by Gasteiger charge is -2.37. The fraction of sp³-hybridized carbons (Fsp3) is 0.429. The Morgan fingerprint density at radius 1 is 1.11 bits per heavy atom. The first-order valence-corrected chi connectivity index (χ1v) is 9.74. The Kier molecular flexibility index (Phi) is 6.04. The second kappa shape index (κ2) is 8.48. The molecule has 3 N–H and O–H groups in total. The SMILES string of the molecule is CCN(CC)C(=O)c1cnc(C2(c3cccc(C(N)=O)c3)CCNCC2)nc1. The molecule has 0 bridgehead atoms. The summed E-state index contributed by atoms with van der Waals surface area (Å²) in [5.41, 5.74) is 7.01. The van der Waals surface area contributed by atoms with Crippen LogP contribution in [0, 0.1) is 0 Å². The second-order valence-corrected chi connectivity index (χ2v) is 7.05. The van der Waals surface area contributed by atoms with Crippen LogP contribution in [0.2, 0.25) is 0 Å². The minimum Gasteiger partial charge on any atom is -0.366 e. The van der Waals surface area contributed by atoms with Gasteiger partial charge in [0.05, 0.1) is 11.0 Å². The maximum Gasteiger partial charge on any atom is 0.256 e. The van der Waals surface area contributed by atoms with Crippen molar-refractivity contribution in [3.63, 3.8) is 0 Å². The molecule has 2 aromatic rings. The van der Waals surface area contributed by atoms with E-state index in [1.54, 1.807) is 23.4 Å². The second-order valence-electron chi connectivity index (χ2n) is 7.05. The van der Waals surface area contributed by atoms with E-state index in [2.05, 4.69) is 15.3 Å². The maximum atomic E-state index is 12.5. The Labute approximate surface area is 165 Å². The smallest absolute Gasteiger partial charge is 0.256 e. The van der Waals surface area contributed by atoms with Crippen molar-refractivity contribution in [1.29, 1.82) is 0 Å². The molecule has 0 unspecified atom stereocenters. The van der Waals surface area contributed by atoms with Crippen LogP contribution in [0.5, 0.6) is 0 Å². The van der Waals surface area contributed by atoms with Crippen molar-refractivity contribution in [1.82, 2.24) is 20.2 Å². The summed E-state index contributed by atoms with van der Waals surface area (Å²) in [6, 6.07) is 7.40. The summed E-state index contributed by atoms with van der Waals surface area (Å²) < 4.78 is 0. The van der Waals surface area contributed by atoms with Crippen LogP contribution in [0.4, 0.5) is 0 Å². The zero-order valence-electron chi connectivity index (χ0n) is 16.4. The average Bonchev–Trinajstić information content (AvgIpc) is 2.75. The molecule has 1 aromatic carbocycles. The molecule has 1 fully saturated rings. The Bertz CT molecular complexity index is 840. The Hall–Kier alpha value is -2.80. The quantitative estimate of drug-likeness (QED) is 0.793. The number of nitrogens with zero attached hydrogens (tertiary/aromatic N) is 3. The number of nitrogens with two attached hydrogens (primary N) is 1. The van der Waals surface area contributed by atoms with Crippen LogP contribution in [0.25, 0.3) is 0 Å². The molecule has 0 aliphatic carbocycles. The van der Waals surface area contributed by atoms with E-state index < -0.39 is 11.3 Å². The summed E-state index contributed by atoms with van der Waals surface area (Å²) in [6.45, 7) is 6.84. The van der Waals surface area contributed by atoms with E-state index in [4.69, 9.17) is 5.73 Å². The van der Waals surface area contributed by atoms with Gasteiger partial charge in [-0.1, -0.05) is 12.1 Å². The van der Waals surface area contributed by atoms with Gasteiger partial charge < -0.3 is 16.0 Å². The van der Waals surface area contributed by atoms with E-state index >= 15 is 0 Å². The first kappa shape index (κ1) is 19.9. The Balaban J connectivity index is 2.00. The predicted molar refractivity (Wildman–Crippen MR) is 107 cm³/mol. The highest BCUT2D eigenvalue weighted by atomic mass is 16.2. The van der Waals surface area contributed by atoms with Crippen LogP contribution >= 0.6 is 0 Å². The van der Waals surface area contributed by atoms with Crippen LogP contribution < -0.4 is 11.1 Å². The monoisotopic (exact) mass is 381 g/mol. The number of primary amides is 1. The van der Waals surface area contributed by atoms with Crippen LogP contribution in [-0.2, 0) is 5.41 Å². The van der Waals surface area contributed by atoms with Gasteiger partial charge in [0, 0.05) is 31.0 Å². The fourth-order valence-corrected chi connectivity index (χ4v) is 3.84. The highest BCUT2D eigenvalue weighted by molar-refractivity contribution is 5.94. The van der Waals surface area contributed by atoms with E-state index in [0.717, 1.165) is 31.5 Å². The highest BCUT2D eigenvalue weighted by Gasteiger charge is 2.38. The predicted octanol–water partition coefficient (Wildman–Crippen LogP) is 1.73. The van der Waals surface area contributed by atoms with Crippen LogP contribution in [0.15, 0.2) is 36.7 Å².